The van der Waals surface area contributed by atoms with Crippen LogP contribution in [0, 0.1) is 13.8 Å². The Labute approximate surface area is 503 Å². The van der Waals surface area contributed by atoms with Crippen molar-refractivity contribution in [1.82, 2.24) is 8.75 Å². The van der Waals surface area contributed by atoms with E-state index in [0.29, 0.717) is 0 Å². The van der Waals surface area contributed by atoms with Gasteiger partial charge in [-0.15, -0.1) is 90.7 Å². The number of aryl methyl sites for hydroxylation is 4. The van der Waals surface area contributed by atoms with Gasteiger partial charge in [-0.05, 0) is 135 Å². The first-order chi connectivity index (χ1) is 38.9. The fourth-order valence-corrected chi connectivity index (χ4v) is 20.7. The molecule has 0 bridgehead atoms. The second kappa shape index (κ2) is 25.5. The van der Waals surface area contributed by atoms with Crippen molar-refractivity contribution >= 4 is 113 Å². The average Bonchev–Trinajstić information content (AvgIpc) is 4.45. The number of fused-ring (bicyclic) bond motifs is 1. The highest BCUT2D eigenvalue weighted by Gasteiger charge is 2.23. The maximum atomic E-state index is 4.96. The third kappa shape index (κ3) is 12.2. The molecule has 400 valence electrons. The summed E-state index contributed by atoms with van der Waals surface area (Å²) in [5, 5.41) is 0. The van der Waals surface area contributed by atoms with Crippen LogP contribution in [0.3, 0.4) is 0 Å². The predicted octanol–water partition coefficient (Wildman–Crippen LogP) is 25.3. The number of unbranched alkanes of at least 4 members (excludes halogenated alkanes) is 10. The summed E-state index contributed by atoms with van der Waals surface area (Å²) < 4.78 is 9.91. The van der Waals surface area contributed by atoms with Crippen LogP contribution in [0.4, 0.5) is 0 Å². The van der Waals surface area contributed by atoms with Crippen LogP contribution in [-0.2, 0) is 12.8 Å². The Morgan fingerprint density at radius 2 is 0.671 bits per heavy atom. The molecular weight excluding hydrogens is 1130 g/mol. The van der Waals surface area contributed by atoms with Gasteiger partial charge < -0.3 is 0 Å². The van der Waals surface area contributed by atoms with Crippen LogP contribution in [0.15, 0.2) is 146 Å². The van der Waals surface area contributed by atoms with Crippen molar-refractivity contribution < 1.29 is 0 Å². The van der Waals surface area contributed by atoms with Crippen LogP contribution < -0.4 is 0 Å². The van der Waals surface area contributed by atoms with Gasteiger partial charge in [0.05, 0.1) is 21.5 Å². The van der Waals surface area contributed by atoms with E-state index in [9.17, 15) is 0 Å². The van der Waals surface area contributed by atoms with Crippen molar-refractivity contribution in [2.45, 2.75) is 118 Å². The summed E-state index contributed by atoms with van der Waals surface area (Å²) in [5.41, 5.74) is 12.5. The molecule has 0 amide bonds. The minimum Gasteiger partial charge on any atom is -0.172 e. The molecule has 0 aliphatic heterocycles. The Morgan fingerprint density at radius 1 is 0.304 bits per heavy atom. The molecule has 2 nitrogen and oxygen atoms in total. The minimum atomic E-state index is 0.979. The zero-order valence-corrected chi connectivity index (χ0v) is 52.7. The van der Waals surface area contributed by atoms with E-state index in [1.807, 2.05) is 90.7 Å². The highest BCUT2D eigenvalue weighted by molar-refractivity contribution is 7.30. The maximum absolute atomic E-state index is 4.96. The number of rotatable bonds is 24. The molecule has 11 heteroatoms. The molecule has 0 unspecified atom stereocenters. The van der Waals surface area contributed by atoms with E-state index in [4.69, 9.17) is 8.75 Å². The summed E-state index contributed by atoms with van der Waals surface area (Å²) in [7, 11) is 0. The normalized spacial score (nSPS) is 11.7. The van der Waals surface area contributed by atoms with Crippen molar-refractivity contribution in [3.05, 3.63) is 166 Å². The van der Waals surface area contributed by atoms with Crippen LogP contribution in [-0.4, -0.2) is 8.75 Å². The third-order valence-corrected chi connectivity index (χ3v) is 25.4. The Hall–Kier alpha value is -4.92. The van der Waals surface area contributed by atoms with Gasteiger partial charge in [0.15, 0.2) is 0 Å². The van der Waals surface area contributed by atoms with Gasteiger partial charge in [-0.3, -0.25) is 0 Å². The molecule has 12 rings (SSSR count). The van der Waals surface area contributed by atoms with Crippen molar-refractivity contribution in [3.63, 3.8) is 0 Å². The van der Waals surface area contributed by atoms with E-state index >= 15 is 0 Å². The molecule has 0 aliphatic rings. The lowest BCUT2D eigenvalue weighted by molar-refractivity contribution is 0.608. The zero-order chi connectivity index (χ0) is 53.7. The lowest BCUT2D eigenvalue weighted by atomic mass is 10.0. The Morgan fingerprint density at radius 3 is 1.09 bits per heavy atom. The predicted molar refractivity (Wildman–Crippen MR) is 358 cm³/mol. The zero-order valence-electron chi connectivity index (χ0n) is 45.3. The number of hydrogen-bond donors (Lipinski definition) is 0. The number of hydrogen-bond acceptors (Lipinski definition) is 11. The van der Waals surface area contributed by atoms with Crippen LogP contribution >= 0.6 is 102 Å². The summed E-state index contributed by atoms with van der Waals surface area (Å²) in [5.74, 6) is 0. The second-order valence-corrected chi connectivity index (χ2v) is 30.2. The van der Waals surface area contributed by atoms with E-state index in [0.717, 1.165) is 35.0 Å². The Balaban J connectivity index is 0.783. The molecule has 0 fully saturated rings. The number of benzene rings is 3. The van der Waals surface area contributed by atoms with Crippen LogP contribution in [0.2, 0.25) is 0 Å². The minimum absolute atomic E-state index is 0.979. The van der Waals surface area contributed by atoms with Gasteiger partial charge in [0.1, 0.15) is 11.0 Å². The van der Waals surface area contributed by atoms with Gasteiger partial charge in [0.25, 0.3) is 0 Å². The van der Waals surface area contributed by atoms with E-state index < -0.39 is 0 Å². The Kier molecular flexibility index (Phi) is 17.6. The molecule has 0 saturated carbocycles. The lowest BCUT2D eigenvalue weighted by Gasteiger charge is -2.03. The molecule has 9 heterocycles. The topological polar surface area (TPSA) is 25.8 Å². The summed E-state index contributed by atoms with van der Waals surface area (Å²) in [6.45, 7) is 9.14. The van der Waals surface area contributed by atoms with Gasteiger partial charge in [-0.1, -0.05) is 151 Å². The Bertz CT molecular complexity index is 3680. The highest BCUT2D eigenvalue weighted by Crippen LogP contribution is 2.52. The van der Waals surface area contributed by atoms with E-state index in [1.54, 1.807) is 0 Å². The number of nitrogens with zero attached hydrogens (tertiary/aromatic N) is 2. The second-order valence-electron chi connectivity index (χ2n) is 20.7. The van der Waals surface area contributed by atoms with E-state index in [2.05, 4.69) is 173 Å². The first-order valence-electron chi connectivity index (χ1n) is 28.1. The lowest BCUT2D eigenvalue weighted by Crippen LogP contribution is -1.86. The SMILES string of the molecule is CCCCCCCCc1cc(C)sc1-c1cc(-c2ccccc2)c(-c2ccc(-c3ccc(-c4ccc(-c5ccc(-c6ccc(-c7sc(-c8sc(C)cc8CCCCCCCC)cc7-c7ccccc7)s6)s5)c5nsnc45)s3)s2)s1. The first-order valence-corrected chi connectivity index (χ1v) is 35.4. The van der Waals surface area contributed by atoms with E-state index in [1.165, 1.54) is 200 Å². The summed E-state index contributed by atoms with van der Waals surface area (Å²) in [6.07, 6.45) is 18.2. The van der Waals surface area contributed by atoms with Crippen LogP contribution in [0.1, 0.15) is 112 Å². The molecule has 9 aromatic heterocycles. The molecular formula is C68H64N2S9. The molecule has 12 aromatic rings. The standard InChI is InChI=1S/C68H64N2S9/c1-5-7-9-11-13-17-27-47-39-43(3)71-65(47)61-41-51(45-23-19-15-20-24-45)67(77-61)59-37-35-57(75-59)55-33-31-53(73-55)49-29-30-50(64-63(49)69-79-70-64)54-32-34-56(74-54)58-36-38-60(76-58)68-52(46-25-21-16-22-26-46)42-62(78-68)66-48(40-44(4)72-66)28-18-14-12-10-8-6-2/h15-16,19-26,29-42H,5-14,17-18,27-28H2,1-4H3. The van der Waals surface area contributed by atoms with Crippen molar-refractivity contribution in [1.29, 1.82) is 0 Å². The van der Waals surface area contributed by atoms with Gasteiger partial charge in [-0.25, -0.2) is 0 Å². The fraction of sp³-hybridized carbons (Fsp3) is 0.265. The molecule has 0 spiro atoms. The fourth-order valence-electron chi connectivity index (χ4n) is 10.8. The monoisotopic (exact) mass is 1200 g/mol. The van der Waals surface area contributed by atoms with Gasteiger partial charge >= 0.3 is 0 Å². The molecule has 0 aliphatic carbocycles. The summed E-state index contributed by atoms with van der Waals surface area (Å²) >= 11 is 16.7. The summed E-state index contributed by atoms with van der Waals surface area (Å²) in [4.78, 5) is 21.5. The molecule has 3 aromatic carbocycles. The number of aromatic nitrogens is 2. The molecule has 0 atom stereocenters. The largest absolute Gasteiger partial charge is 0.172 e. The van der Waals surface area contributed by atoms with Crippen molar-refractivity contribution in [2.24, 2.45) is 0 Å². The maximum Gasteiger partial charge on any atom is 0.114 e. The smallest absolute Gasteiger partial charge is 0.114 e. The highest BCUT2D eigenvalue weighted by atomic mass is 32.1. The number of thiophene rings is 8. The van der Waals surface area contributed by atoms with Gasteiger partial charge in [0, 0.05) is 90.5 Å². The van der Waals surface area contributed by atoms with Crippen molar-refractivity contribution in [3.8, 4) is 102 Å². The van der Waals surface area contributed by atoms with Gasteiger partial charge in [0.2, 0.25) is 0 Å². The third-order valence-electron chi connectivity index (χ3n) is 14.8. The van der Waals surface area contributed by atoms with Crippen LogP contribution in [0.25, 0.3) is 113 Å². The molecule has 0 radical (unpaired) electrons. The average molecular weight is 1200 g/mol. The van der Waals surface area contributed by atoms with Crippen LogP contribution in [0.5, 0.6) is 0 Å². The van der Waals surface area contributed by atoms with Gasteiger partial charge in [-0.2, -0.15) is 8.75 Å². The summed E-state index contributed by atoms with van der Waals surface area (Å²) in [6, 6.07) is 54.9. The quantitative estimate of drug-likeness (QED) is 0.0564. The molecule has 0 N–H and O–H groups in total. The first kappa shape index (κ1) is 54.7. The van der Waals surface area contributed by atoms with E-state index in [-0.39, 0.29) is 0 Å². The molecule has 79 heavy (non-hydrogen) atoms. The molecule has 0 saturated heterocycles. The van der Waals surface area contributed by atoms with Crippen molar-refractivity contribution in [2.75, 3.05) is 0 Å².